The molecule has 1 aromatic rings. The third kappa shape index (κ3) is 2.69. The van der Waals surface area contributed by atoms with Crippen LogP contribution in [0.1, 0.15) is 12.8 Å². The lowest BCUT2D eigenvalue weighted by atomic mass is 10.2. The van der Waals surface area contributed by atoms with Crippen LogP contribution in [0.25, 0.3) is 0 Å². The van der Waals surface area contributed by atoms with Gasteiger partial charge in [0, 0.05) is 6.54 Å². The highest BCUT2D eigenvalue weighted by Gasteiger charge is 2.49. The van der Waals surface area contributed by atoms with Crippen LogP contribution in [-0.2, 0) is 14.6 Å². The van der Waals surface area contributed by atoms with E-state index in [0.717, 1.165) is 6.07 Å². The number of halogens is 3. The zero-order valence-corrected chi connectivity index (χ0v) is 11.5. The molecule has 0 aliphatic carbocycles. The molecule has 1 heterocycles. The van der Waals surface area contributed by atoms with E-state index in [-0.39, 0.29) is 18.7 Å². The van der Waals surface area contributed by atoms with Gasteiger partial charge in [0.1, 0.15) is 6.04 Å². The lowest BCUT2D eigenvalue weighted by Crippen LogP contribution is -2.37. The first kappa shape index (κ1) is 15.6. The molecule has 1 atom stereocenters. The van der Waals surface area contributed by atoms with Crippen LogP contribution < -0.4 is 4.90 Å². The number of carboxylic acid groups (broad SMARTS) is 1. The minimum atomic E-state index is -5.53. The number of rotatable bonds is 3. The number of sulfone groups is 1. The fraction of sp³-hybridized carbons (Fsp3) is 0.417. The highest BCUT2D eigenvalue weighted by Crippen LogP contribution is 2.38. The number of carboxylic acids is 1. The Balaban J connectivity index is 2.55. The highest BCUT2D eigenvalue weighted by atomic mass is 32.2. The van der Waals surface area contributed by atoms with Gasteiger partial charge in [0.15, 0.2) is 0 Å². The highest BCUT2D eigenvalue weighted by molar-refractivity contribution is 7.92. The summed E-state index contributed by atoms with van der Waals surface area (Å²) in [4.78, 5) is 11.4. The Bertz CT molecular complexity index is 657. The number of benzene rings is 1. The molecule has 0 bridgehead atoms. The SMILES string of the molecule is O=C(O)C1CCCN1c1ccccc1S(=O)(=O)C(F)(F)F. The lowest BCUT2D eigenvalue weighted by molar-refractivity contribution is -0.138. The van der Waals surface area contributed by atoms with Crippen molar-refractivity contribution in [2.45, 2.75) is 29.3 Å². The zero-order valence-electron chi connectivity index (χ0n) is 10.7. The van der Waals surface area contributed by atoms with E-state index >= 15 is 0 Å². The van der Waals surface area contributed by atoms with Crippen LogP contribution in [0.15, 0.2) is 29.2 Å². The Kier molecular flexibility index (Phi) is 3.87. The van der Waals surface area contributed by atoms with Gasteiger partial charge in [0.25, 0.3) is 9.84 Å². The van der Waals surface area contributed by atoms with Gasteiger partial charge in [-0.2, -0.15) is 13.2 Å². The van der Waals surface area contributed by atoms with E-state index in [9.17, 15) is 26.4 Å². The number of hydrogen-bond donors (Lipinski definition) is 1. The maximum atomic E-state index is 12.7. The Morgan fingerprint density at radius 1 is 1.29 bits per heavy atom. The van der Waals surface area contributed by atoms with E-state index in [1.165, 1.54) is 23.1 Å². The van der Waals surface area contributed by atoms with Gasteiger partial charge in [-0.3, -0.25) is 0 Å². The van der Waals surface area contributed by atoms with E-state index in [2.05, 4.69) is 0 Å². The van der Waals surface area contributed by atoms with Crippen LogP contribution in [-0.4, -0.2) is 37.6 Å². The summed E-state index contributed by atoms with van der Waals surface area (Å²) in [5.41, 5.74) is -5.65. The quantitative estimate of drug-likeness (QED) is 0.921. The van der Waals surface area contributed by atoms with Crippen molar-refractivity contribution < 1.29 is 31.5 Å². The summed E-state index contributed by atoms with van der Waals surface area (Å²) in [5, 5.41) is 9.09. The van der Waals surface area contributed by atoms with E-state index in [1.54, 1.807) is 0 Å². The van der Waals surface area contributed by atoms with Crippen molar-refractivity contribution in [2.24, 2.45) is 0 Å². The second kappa shape index (κ2) is 5.21. The van der Waals surface area contributed by atoms with Gasteiger partial charge in [0.2, 0.25) is 0 Å². The Morgan fingerprint density at radius 2 is 1.90 bits per heavy atom. The predicted octanol–water partition coefficient (Wildman–Crippen LogP) is 2.03. The van der Waals surface area contributed by atoms with Crippen molar-refractivity contribution in [1.82, 2.24) is 0 Å². The molecule has 1 N–H and O–H groups in total. The molecule has 5 nitrogen and oxygen atoms in total. The molecule has 1 aromatic carbocycles. The second-order valence-electron chi connectivity index (χ2n) is 4.61. The van der Waals surface area contributed by atoms with E-state index in [0.29, 0.717) is 6.42 Å². The minimum absolute atomic E-state index is 0.196. The second-order valence-corrected chi connectivity index (χ2v) is 6.52. The van der Waals surface area contributed by atoms with Crippen LogP contribution in [0.3, 0.4) is 0 Å². The number of aliphatic carboxylic acids is 1. The molecular weight excluding hydrogens is 311 g/mol. The zero-order chi connectivity index (χ0) is 15.8. The normalized spacial score (nSPS) is 19.8. The van der Waals surface area contributed by atoms with Crippen molar-refractivity contribution in [3.8, 4) is 0 Å². The summed E-state index contributed by atoms with van der Waals surface area (Å²) in [5.74, 6) is -1.19. The molecule has 1 unspecified atom stereocenters. The molecule has 0 radical (unpaired) electrons. The molecule has 21 heavy (non-hydrogen) atoms. The van der Waals surface area contributed by atoms with Crippen molar-refractivity contribution in [3.05, 3.63) is 24.3 Å². The van der Waals surface area contributed by atoms with Crippen molar-refractivity contribution >= 4 is 21.5 Å². The minimum Gasteiger partial charge on any atom is -0.480 e. The van der Waals surface area contributed by atoms with Crippen molar-refractivity contribution in [2.75, 3.05) is 11.4 Å². The monoisotopic (exact) mass is 323 g/mol. The number of hydrogen-bond acceptors (Lipinski definition) is 4. The summed E-state index contributed by atoms with van der Waals surface area (Å²) in [7, 11) is -5.53. The van der Waals surface area contributed by atoms with Gasteiger partial charge in [-0.05, 0) is 25.0 Å². The molecule has 0 saturated carbocycles. The fourth-order valence-electron chi connectivity index (χ4n) is 2.36. The van der Waals surface area contributed by atoms with Crippen LogP contribution >= 0.6 is 0 Å². The maximum absolute atomic E-state index is 12.7. The summed E-state index contributed by atoms with van der Waals surface area (Å²) in [6.07, 6.45) is 0.729. The van der Waals surface area contributed by atoms with E-state index in [4.69, 9.17) is 5.11 Å². The van der Waals surface area contributed by atoms with Crippen molar-refractivity contribution in [3.63, 3.8) is 0 Å². The topological polar surface area (TPSA) is 74.7 Å². The molecule has 1 aliphatic heterocycles. The number of para-hydroxylation sites is 1. The molecular formula is C12H12F3NO4S. The molecule has 0 amide bonds. The molecule has 1 saturated heterocycles. The van der Waals surface area contributed by atoms with Gasteiger partial charge in [-0.25, -0.2) is 13.2 Å². The maximum Gasteiger partial charge on any atom is 0.501 e. The molecule has 1 fully saturated rings. The predicted molar refractivity (Wildman–Crippen MR) is 67.7 cm³/mol. The molecule has 0 aromatic heterocycles. The number of nitrogens with zero attached hydrogens (tertiary/aromatic N) is 1. The van der Waals surface area contributed by atoms with E-state index < -0.39 is 32.3 Å². The van der Waals surface area contributed by atoms with E-state index in [1.807, 2.05) is 0 Å². The third-order valence-electron chi connectivity index (χ3n) is 3.31. The molecule has 2 rings (SSSR count). The van der Waals surface area contributed by atoms with Gasteiger partial charge in [0.05, 0.1) is 10.6 Å². The lowest BCUT2D eigenvalue weighted by Gasteiger charge is -2.26. The van der Waals surface area contributed by atoms with Crippen molar-refractivity contribution in [1.29, 1.82) is 0 Å². The first-order chi connectivity index (χ1) is 9.66. The average Bonchev–Trinajstić information content (AvgIpc) is 2.86. The number of anilines is 1. The first-order valence-electron chi connectivity index (χ1n) is 6.06. The van der Waals surface area contributed by atoms with Gasteiger partial charge in [-0.15, -0.1) is 0 Å². The Morgan fingerprint density at radius 3 is 2.48 bits per heavy atom. The standard InChI is InChI=1S/C12H12F3NO4S/c13-12(14,15)21(19,20)10-6-2-1-4-8(10)16-7-3-5-9(16)11(17)18/h1-2,4,6,9H,3,5,7H2,(H,17,18). The molecule has 0 spiro atoms. The van der Waals surface area contributed by atoms with Gasteiger partial charge in [-0.1, -0.05) is 12.1 Å². The molecule has 116 valence electrons. The van der Waals surface area contributed by atoms with Crippen LogP contribution in [0, 0.1) is 0 Å². The van der Waals surface area contributed by atoms with Gasteiger partial charge < -0.3 is 10.0 Å². The number of carbonyl (C=O) groups is 1. The summed E-state index contributed by atoms with van der Waals surface area (Å²) < 4.78 is 61.4. The summed E-state index contributed by atoms with van der Waals surface area (Å²) in [6.45, 7) is 0.196. The van der Waals surface area contributed by atoms with Crippen LogP contribution in [0.5, 0.6) is 0 Å². The molecule has 1 aliphatic rings. The molecule has 9 heteroatoms. The van der Waals surface area contributed by atoms with Crippen LogP contribution in [0.2, 0.25) is 0 Å². The summed E-state index contributed by atoms with van der Waals surface area (Å²) in [6, 6.07) is 3.57. The fourth-order valence-corrected chi connectivity index (χ4v) is 3.33. The Hall–Kier alpha value is -1.77. The number of alkyl halides is 3. The first-order valence-corrected chi connectivity index (χ1v) is 7.54. The van der Waals surface area contributed by atoms with Crippen LogP contribution in [0.4, 0.5) is 18.9 Å². The summed E-state index contributed by atoms with van der Waals surface area (Å²) >= 11 is 0. The smallest absolute Gasteiger partial charge is 0.480 e. The average molecular weight is 323 g/mol. The Labute approximate surface area is 118 Å². The largest absolute Gasteiger partial charge is 0.501 e. The third-order valence-corrected chi connectivity index (χ3v) is 4.84. The van der Waals surface area contributed by atoms with Gasteiger partial charge >= 0.3 is 11.5 Å².